The Morgan fingerprint density at radius 1 is 1.50 bits per heavy atom. The highest BCUT2D eigenvalue weighted by molar-refractivity contribution is 9.10. The van der Waals surface area contributed by atoms with Gasteiger partial charge in [-0.2, -0.15) is 5.10 Å². The van der Waals surface area contributed by atoms with Crippen LogP contribution in [0.15, 0.2) is 35.2 Å². The monoisotopic (exact) mass is 280 g/mol. The average molecular weight is 281 g/mol. The number of hydrogen-bond donors (Lipinski definition) is 2. The third-order valence-corrected chi connectivity index (χ3v) is 2.82. The number of nitrogens with zero attached hydrogens (tertiary/aromatic N) is 2. The predicted molar refractivity (Wildman–Crippen MR) is 65.8 cm³/mol. The molecule has 0 fully saturated rings. The molecule has 4 nitrogen and oxygen atoms in total. The van der Waals surface area contributed by atoms with Gasteiger partial charge in [-0.15, -0.1) is 0 Å². The quantitative estimate of drug-likeness (QED) is 0.846. The maximum atomic E-state index is 4.36. The van der Waals surface area contributed by atoms with Crippen LogP contribution in [0.5, 0.6) is 0 Å². The van der Waals surface area contributed by atoms with Crippen molar-refractivity contribution in [2.45, 2.75) is 19.5 Å². The van der Waals surface area contributed by atoms with Crippen molar-refractivity contribution in [3.05, 3.63) is 46.5 Å². The van der Waals surface area contributed by atoms with E-state index in [0.717, 1.165) is 22.4 Å². The molecule has 0 amide bonds. The number of pyridine rings is 1. The van der Waals surface area contributed by atoms with Crippen molar-refractivity contribution in [3.8, 4) is 0 Å². The Labute approximate surface area is 103 Å². The molecule has 16 heavy (non-hydrogen) atoms. The van der Waals surface area contributed by atoms with E-state index >= 15 is 0 Å². The minimum absolute atomic E-state index is 0.263. The van der Waals surface area contributed by atoms with Crippen LogP contribution in [0, 0.1) is 0 Å². The van der Waals surface area contributed by atoms with E-state index in [9.17, 15) is 0 Å². The first-order chi connectivity index (χ1) is 7.75. The minimum Gasteiger partial charge on any atom is -0.304 e. The number of halogens is 1. The topological polar surface area (TPSA) is 53.6 Å². The molecule has 0 spiro atoms. The van der Waals surface area contributed by atoms with Gasteiger partial charge in [-0.1, -0.05) is 6.07 Å². The van der Waals surface area contributed by atoms with Gasteiger partial charge < -0.3 is 5.32 Å². The molecule has 84 valence electrons. The van der Waals surface area contributed by atoms with E-state index in [2.05, 4.69) is 43.4 Å². The Bertz CT molecular complexity index is 441. The van der Waals surface area contributed by atoms with Gasteiger partial charge in [0.1, 0.15) is 4.60 Å². The summed E-state index contributed by atoms with van der Waals surface area (Å²) in [5, 5.41) is 10.1. The van der Waals surface area contributed by atoms with E-state index < -0.39 is 0 Å². The van der Waals surface area contributed by atoms with Crippen LogP contribution in [0.2, 0.25) is 0 Å². The summed E-state index contributed by atoms with van der Waals surface area (Å²) in [6.45, 7) is 2.84. The van der Waals surface area contributed by atoms with Crippen molar-refractivity contribution >= 4 is 15.9 Å². The molecule has 2 aromatic heterocycles. The Morgan fingerprint density at radius 2 is 2.38 bits per heavy atom. The zero-order valence-electron chi connectivity index (χ0n) is 8.94. The van der Waals surface area contributed by atoms with Crippen molar-refractivity contribution in [2.24, 2.45) is 0 Å². The smallest absolute Gasteiger partial charge is 0.106 e. The van der Waals surface area contributed by atoms with Crippen molar-refractivity contribution in [1.29, 1.82) is 0 Å². The molecule has 2 rings (SSSR count). The summed E-state index contributed by atoms with van der Waals surface area (Å²) in [6.07, 6.45) is 3.72. The minimum atomic E-state index is 0.263. The van der Waals surface area contributed by atoms with Crippen molar-refractivity contribution in [2.75, 3.05) is 0 Å². The summed E-state index contributed by atoms with van der Waals surface area (Å²) in [7, 11) is 0. The average Bonchev–Trinajstić information content (AvgIpc) is 2.79. The number of H-pyrrole nitrogens is 1. The lowest BCUT2D eigenvalue weighted by molar-refractivity contribution is 0.567. The van der Waals surface area contributed by atoms with Crippen LogP contribution in [0.25, 0.3) is 0 Å². The van der Waals surface area contributed by atoms with Gasteiger partial charge in [0.25, 0.3) is 0 Å². The van der Waals surface area contributed by atoms with E-state index in [1.165, 1.54) is 0 Å². The SMILES string of the molecule is CC(NCc1cccc(Br)n1)c1cn[nH]c1. The van der Waals surface area contributed by atoms with Gasteiger partial charge >= 0.3 is 0 Å². The van der Waals surface area contributed by atoms with Gasteiger partial charge in [0.2, 0.25) is 0 Å². The second-order valence-corrected chi connectivity index (χ2v) is 4.40. The molecule has 0 saturated carbocycles. The Balaban J connectivity index is 1.92. The zero-order chi connectivity index (χ0) is 11.4. The fourth-order valence-electron chi connectivity index (χ4n) is 1.42. The molecule has 0 saturated heterocycles. The van der Waals surface area contributed by atoms with Crippen molar-refractivity contribution in [1.82, 2.24) is 20.5 Å². The van der Waals surface area contributed by atoms with Crippen LogP contribution in [0.3, 0.4) is 0 Å². The third kappa shape index (κ3) is 2.90. The molecular formula is C11H13BrN4. The summed E-state index contributed by atoms with van der Waals surface area (Å²) in [6, 6.07) is 6.17. The van der Waals surface area contributed by atoms with Crippen LogP contribution < -0.4 is 5.32 Å². The second-order valence-electron chi connectivity index (χ2n) is 3.59. The van der Waals surface area contributed by atoms with Gasteiger partial charge in [0.15, 0.2) is 0 Å². The normalized spacial score (nSPS) is 12.6. The van der Waals surface area contributed by atoms with Crippen LogP contribution >= 0.6 is 15.9 Å². The standard InChI is InChI=1S/C11H13BrN4/c1-8(9-5-14-15-6-9)13-7-10-3-2-4-11(12)16-10/h2-6,8,13H,7H2,1H3,(H,14,15). The lowest BCUT2D eigenvalue weighted by Crippen LogP contribution is -2.18. The first-order valence-electron chi connectivity index (χ1n) is 5.09. The van der Waals surface area contributed by atoms with E-state index in [4.69, 9.17) is 0 Å². The van der Waals surface area contributed by atoms with Gasteiger partial charge in [0.05, 0.1) is 11.9 Å². The first kappa shape index (κ1) is 11.3. The summed E-state index contributed by atoms with van der Waals surface area (Å²) >= 11 is 3.35. The number of rotatable bonds is 4. The van der Waals surface area contributed by atoms with Crippen LogP contribution in [0.4, 0.5) is 0 Å². The molecule has 5 heteroatoms. The van der Waals surface area contributed by atoms with Gasteiger partial charge in [-0.05, 0) is 35.0 Å². The summed E-state index contributed by atoms with van der Waals surface area (Å²) in [5.74, 6) is 0. The molecule has 0 aliphatic heterocycles. The maximum Gasteiger partial charge on any atom is 0.106 e. The number of aromatic amines is 1. The van der Waals surface area contributed by atoms with Gasteiger partial charge in [0, 0.05) is 24.3 Å². The van der Waals surface area contributed by atoms with E-state index in [1.807, 2.05) is 30.6 Å². The maximum absolute atomic E-state index is 4.36. The largest absolute Gasteiger partial charge is 0.304 e. The summed E-state index contributed by atoms with van der Waals surface area (Å²) in [5.41, 5.74) is 2.17. The second kappa shape index (κ2) is 5.23. The van der Waals surface area contributed by atoms with E-state index in [0.29, 0.717) is 0 Å². The van der Waals surface area contributed by atoms with Crippen molar-refractivity contribution < 1.29 is 0 Å². The molecular weight excluding hydrogens is 268 g/mol. The van der Waals surface area contributed by atoms with Gasteiger partial charge in [-0.3, -0.25) is 5.10 Å². The first-order valence-corrected chi connectivity index (χ1v) is 5.88. The Morgan fingerprint density at radius 3 is 3.06 bits per heavy atom. The number of hydrogen-bond acceptors (Lipinski definition) is 3. The van der Waals surface area contributed by atoms with Gasteiger partial charge in [-0.25, -0.2) is 4.98 Å². The molecule has 1 unspecified atom stereocenters. The highest BCUT2D eigenvalue weighted by atomic mass is 79.9. The van der Waals surface area contributed by atoms with E-state index in [1.54, 1.807) is 0 Å². The highest BCUT2D eigenvalue weighted by Crippen LogP contribution is 2.11. The predicted octanol–water partition coefficient (Wildman–Crippen LogP) is 2.42. The third-order valence-electron chi connectivity index (χ3n) is 2.38. The zero-order valence-corrected chi connectivity index (χ0v) is 10.5. The summed E-state index contributed by atoms with van der Waals surface area (Å²) in [4.78, 5) is 4.36. The summed E-state index contributed by atoms with van der Waals surface area (Å²) < 4.78 is 0.864. The van der Waals surface area contributed by atoms with E-state index in [-0.39, 0.29) is 6.04 Å². The molecule has 0 radical (unpaired) electrons. The molecule has 0 aromatic carbocycles. The van der Waals surface area contributed by atoms with Crippen LogP contribution in [0.1, 0.15) is 24.2 Å². The molecule has 0 aliphatic carbocycles. The van der Waals surface area contributed by atoms with Crippen LogP contribution in [-0.4, -0.2) is 15.2 Å². The molecule has 2 heterocycles. The highest BCUT2D eigenvalue weighted by Gasteiger charge is 2.05. The molecule has 0 bridgehead atoms. The van der Waals surface area contributed by atoms with Crippen LogP contribution in [-0.2, 0) is 6.54 Å². The number of aromatic nitrogens is 3. The lowest BCUT2D eigenvalue weighted by Gasteiger charge is -2.11. The van der Waals surface area contributed by atoms with Crippen molar-refractivity contribution in [3.63, 3.8) is 0 Å². The molecule has 2 N–H and O–H groups in total. The Kier molecular flexibility index (Phi) is 3.69. The Hall–Kier alpha value is -1.20. The molecule has 0 aliphatic rings. The molecule has 1 atom stereocenters. The number of nitrogens with one attached hydrogen (secondary N) is 2. The fraction of sp³-hybridized carbons (Fsp3) is 0.273. The lowest BCUT2D eigenvalue weighted by atomic mass is 10.2. The fourth-order valence-corrected chi connectivity index (χ4v) is 1.80. The molecule has 2 aromatic rings.